The Hall–Kier alpha value is -2.58. The number of rotatable bonds is 7. The van der Waals surface area contributed by atoms with Gasteiger partial charge in [-0.3, -0.25) is 9.52 Å². The lowest BCUT2D eigenvalue weighted by Gasteiger charge is -2.09. The molecular formula is C16H18N2O5S. The molecule has 0 bridgehead atoms. The minimum absolute atomic E-state index is 0.0832. The van der Waals surface area contributed by atoms with E-state index in [1.54, 1.807) is 42.5 Å². The Morgan fingerprint density at radius 1 is 1.12 bits per heavy atom. The molecule has 0 radical (unpaired) electrons. The zero-order valence-electron chi connectivity index (χ0n) is 13.0. The number of amides is 1. The van der Waals surface area contributed by atoms with Crippen LogP contribution in [0.2, 0.25) is 0 Å². The SMILES string of the molecule is CS(=O)(=O)Nc1cccc(NC(=O)c2ccc(OCCO)cc2)c1. The van der Waals surface area contributed by atoms with Gasteiger partial charge in [-0.2, -0.15) is 0 Å². The van der Waals surface area contributed by atoms with Crippen LogP contribution in [0.4, 0.5) is 11.4 Å². The van der Waals surface area contributed by atoms with Crippen LogP contribution in [0, 0.1) is 0 Å². The molecule has 128 valence electrons. The van der Waals surface area contributed by atoms with E-state index in [0.29, 0.717) is 22.7 Å². The highest BCUT2D eigenvalue weighted by Gasteiger charge is 2.08. The minimum Gasteiger partial charge on any atom is -0.491 e. The lowest BCUT2D eigenvalue weighted by molar-refractivity contribution is 0.102. The summed E-state index contributed by atoms with van der Waals surface area (Å²) in [5, 5.41) is 11.4. The van der Waals surface area contributed by atoms with Gasteiger partial charge in [0, 0.05) is 11.3 Å². The Morgan fingerprint density at radius 2 is 1.79 bits per heavy atom. The van der Waals surface area contributed by atoms with Crippen LogP contribution in [0.5, 0.6) is 5.75 Å². The summed E-state index contributed by atoms with van der Waals surface area (Å²) in [5.41, 5.74) is 1.25. The zero-order chi connectivity index (χ0) is 17.6. The van der Waals surface area contributed by atoms with Gasteiger partial charge in [0.25, 0.3) is 5.91 Å². The van der Waals surface area contributed by atoms with Crippen molar-refractivity contribution in [2.75, 3.05) is 29.5 Å². The second-order valence-corrected chi connectivity index (χ2v) is 6.75. The number of aliphatic hydroxyl groups excluding tert-OH is 1. The molecule has 0 aliphatic carbocycles. The number of carbonyl (C=O) groups excluding carboxylic acids is 1. The molecule has 0 saturated heterocycles. The van der Waals surface area contributed by atoms with E-state index in [1.807, 2.05) is 0 Å². The first kappa shape index (κ1) is 17.8. The Balaban J connectivity index is 2.05. The van der Waals surface area contributed by atoms with E-state index in [2.05, 4.69) is 10.0 Å². The van der Waals surface area contributed by atoms with Gasteiger partial charge in [0.2, 0.25) is 10.0 Å². The molecule has 0 unspecified atom stereocenters. The first-order valence-electron chi connectivity index (χ1n) is 7.10. The van der Waals surface area contributed by atoms with Crippen LogP contribution in [0.3, 0.4) is 0 Å². The summed E-state index contributed by atoms with van der Waals surface area (Å²) < 4.78 is 30.0. The first-order valence-corrected chi connectivity index (χ1v) is 8.99. The van der Waals surface area contributed by atoms with Crippen molar-refractivity contribution in [1.29, 1.82) is 0 Å². The third kappa shape index (κ3) is 5.56. The molecule has 0 aromatic heterocycles. The lowest BCUT2D eigenvalue weighted by Crippen LogP contribution is -2.13. The van der Waals surface area contributed by atoms with Crippen molar-refractivity contribution in [2.24, 2.45) is 0 Å². The van der Waals surface area contributed by atoms with Crippen LogP contribution in [0.15, 0.2) is 48.5 Å². The van der Waals surface area contributed by atoms with Gasteiger partial charge in [-0.15, -0.1) is 0 Å². The van der Waals surface area contributed by atoms with E-state index in [-0.39, 0.29) is 19.1 Å². The van der Waals surface area contributed by atoms with Gasteiger partial charge in [-0.1, -0.05) is 6.07 Å². The summed E-state index contributed by atoms with van der Waals surface area (Å²) in [5.74, 6) is 0.222. The van der Waals surface area contributed by atoms with Crippen LogP contribution in [-0.4, -0.2) is 38.9 Å². The second kappa shape index (κ2) is 7.80. The Kier molecular flexibility index (Phi) is 5.78. The Morgan fingerprint density at radius 3 is 2.42 bits per heavy atom. The fraction of sp³-hybridized carbons (Fsp3) is 0.188. The van der Waals surface area contributed by atoms with Crippen molar-refractivity contribution in [1.82, 2.24) is 0 Å². The smallest absolute Gasteiger partial charge is 0.255 e. The van der Waals surface area contributed by atoms with Crippen molar-refractivity contribution in [3.8, 4) is 5.75 Å². The number of anilines is 2. The molecule has 0 aliphatic rings. The number of hydrogen-bond acceptors (Lipinski definition) is 5. The standard InChI is InChI=1S/C16H18N2O5S/c1-24(21,22)18-14-4-2-3-13(11-14)17-16(20)12-5-7-15(8-6-12)23-10-9-19/h2-8,11,18-19H,9-10H2,1H3,(H,17,20). The number of carbonyl (C=O) groups is 1. The normalized spacial score (nSPS) is 10.9. The van der Waals surface area contributed by atoms with Crippen molar-refractivity contribution in [3.63, 3.8) is 0 Å². The molecule has 3 N–H and O–H groups in total. The van der Waals surface area contributed by atoms with Gasteiger partial charge in [0.1, 0.15) is 12.4 Å². The molecular weight excluding hydrogens is 332 g/mol. The number of ether oxygens (including phenoxy) is 1. The molecule has 0 atom stereocenters. The largest absolute Gasteiger partial charge is 0.491 e. The highest BCUT2D eigenvalue weighted by molar-refractivity contribution is 7.92. The summed E-state index contributed by atoms with van der Waals surface area (Å²) in [4.78, 5) is 12.2. The highest BCUT2D eigenvalue weighted by atomic mass is 32.2. The van der Waals surface area contributed by atoms with Crippen molar-refractivity contribution >= 4 is 27.3 Å². The predicted octanol–water partition coefficient (Wildman–Crippen LogP) is 1.68. The molecule has 7 nitrogen and oxygen atoms in total. The minimum atomic E-state index is -3.38. The summed E-state index contributed by atoms with van der Waals surface area (Å²) in [7, 11) is -3.38. The van der Waals surface area contributed by atoms with Gasteiger partial charge in [-0.25, -0.2) is 8.42 Å². The van der Waals surface area contributed by atoms with E-state index in [4.69, 9.17) is 9.84 Å². The molecule has 2 aromatic carbocycles. The van der Waals surface area contributed by atoms with Crippen molar-refractivity contribution < 1.29 is 23.1 Å². The zero-order valence-corrected chi connectivity index (χ0v) is 13.8. The molecule has 0 saturated carbocycles. The van der Waals surface area contributed by atoms with E-state index in [9.17, 15) is 13.2 Å². The lowest BCUT2D eigenvalue weighted by atomic mass is 10.2. The van der Waals surface area contributed by atoms with Gasteiger partial charge in [-0.05, 0) is 42.5 Å². The van der Waals surface area contributed by atoms with E-state index in [1.165, 1.54) is 6.07 Å². The summed E-state index contributed by atoms with van der Waals surface area (Å²) in [6, 6.07) is 12.9. The van der Waals surface area contributed by atoms with E-state index >= 15 is 0 Å². The molecule has 24 heavy (non-hydrogen) atoms. The number of hydrogen-bond donors (Lipinski definition) is 3. The highest BCUT2D eigenvalue weighted by Crippen LogP contribution is 2.18. The maximum atomic E-state index is 12.2. The number of aliphatic hydroxyl groups is 1. The predicted molar refractivity (Wildman–Crippen MR) is 91.9 cm³/mol. The number of nitrogens with one attached hydrogen (secondary N) is 2. The van der Waals surface area contributed by atoms with Crippen LogP contribution in [0.1, 0.15) is 10.4 Å². The van der Waals surface area contributed by atoms with Crippen LogP contribution >= 0.6 is 0 Å². The second-order valence-electron chi connectivity index (χ2n) is 5.01. The van der Waals surface area contributed by atoms with E-state index < -0.39 is 10.0 Å². The molecule has 1 amide bonds. The van der Waals surface area contributed by atoms with Gasteiger partial charge >= 0.3 is 0 Å². The third-order valence-corrected chi connectivity index (χ3v) is 3.51. The van der Waals surface area contributed by atoms with Crippen molar-refractivity contribution in [2.45, 2.75) is 0 Å². The quantitative estimate of drug-likeness (QED) is 0.705. The molecule has 8 heteroatoms. The van der Waals surface area contributed by atoms with Crippen LogP contribution < -0.4 is 14.8 Å². The van der Waals surface area contributed by atoms with Gasteiger partial charge in [0.05, 0.1) is 18.6 Å². The number of benzene rings is 2. The van der Waals surface area contributed by atoms with Gasteiger partial charge in [0.15, 0.2) is 0 Å². The number of sulfonamides is 1. The summed E-state index contributed by atoms with van der Waals surface area (Å²) >= 11 is 0. The fourth-order valence-corrected chi connectivity index (χ4v) is 2.50. The first-order chi connectivity index (χ1) is 11.4. The van der Waals surface area contributed by atoms with Crippen LogP contribution in [-0.2, 0) is 10.0 Å². The average molecular weight is 350 g/mol. The molecule has 2 aromatic rings. The van der Waals surface area contributed by atoms with Crippen LogP contribution in [0.25, 0.3) is 0 Å². The summed E-state index contributed by atoms with van der Waals surface area (Å²) in [6.07, 6.45) is 1.05. The monoisotopic (exact) mass is 350 g/mol. The third-order valence-electron chi connectivity index (χ3n) is 2.90. The molecule has 0 heterocycles. The maximum Gasteiger partial charge on any atom is 0.255 e. The topological polar surface area (TPSA) is 105 Å². The van der Waals surface area contributed by atoms with Crippen molar-refractivity contribution in [3.05, 3.63) is 54.1 Å². The summed E-state index contributed by atoms with van der Waals surface area (Å²) in [6.45, 7) is 0.103. The molecule has 0 aliphatic heterocycles. The average Bonchev–Trinajstić information content (AvgIpc) is 2.52. The maximum absolute atomic E-state index is 12.2. The Labute approximate surface area is 140 Å². The fourth-order valence-electron chi connectivity index (χ4n) is 1.94. The van der Waals surface area contributed by atoms with Gasteiger partial charge < -0.3 is 15.2 Å². The molecule has 2 rings (SSSR count). The van der Waals surface area contributed by atoms with E-state index in [0.717, 1.165) is 6.26 Å². The Bertz CT molecular complexity index is 803. The molecule has 0 spiro atoms. The molecule has 0 fully saturated rings.